The molecule has 2 saturated heterocycles. The molecule has 0 aromatic heterocycles. The zero-order valence-corrected chi connectivity index (χ0v) is 11.7. The Hall–Kier alpha value is -1.87. The van der Waals surface area contributed by atoms with E-state index in [9.17, 15) is 14.4 Å². The van der Waals surface area contributed by atoms with Crippen molar-refractivity contribution in [3.63, 3.8) is 0 Å². The number of likely N-dealkylation sites (tertiary alicyclic amines) is 1. The van der Waals surface area contributed by atoms with Crippen molar-refractivity contribution in [2.75, 3.05) is 26.2 Å². The second-order valence-electron chi connectivity index (χ2n) is 5.11. The van der Waals surface area contributed by atoms with Gasteiger partial charge in [-0.1, -0.05) is 0 Å². The molecule has 118 valence electrons. The third kappa shape index (κ3) is 4.30. The van der Waals surface area contributed by atoms with E-state index in [1.165, 1.54) is 4.90 Å². The quantitative estimate of drug-likeness (QED) is 0.579. The van der Waals surface area contributed by atoms with E-state index < -0.39 is 23.9 Å². The van der Waals surface area contributed by atoms with E-state index >= 15 is 0 Å². The molecule has 0 unspecified atom stereocenters. The summed E-state index contributed by atoms with van der Waals surface area (Å²) in [7, 11) is 0. The van der Waals surface area contributed by atoms with E-state index in [1.807, 2.05) is 0 Å². The van der Waals surface area contributed by atoms with E-state index in [0.717, 1.165) is 25.9 Å². The maximum atomic E-state index is 11.8. The summed E-state index contributed by atoms with van der Waals surface area (Å²) in [4.78, 5) is 40.4. The maximum Gasteiger partial charge on any atom is 0.353 e. The predicted octanol–water partition coefficient (Wildman–Crippen LogP) is -0.696. The first-order chi connectivity index (χ1) is 10.1. The Bertz CT molecular complexity index is 410. The van der Waals surface area contributed by atoms with Crippen LogP contribution in [0, 0.1) is 0 Å². The number of nitrogens with one attached hydrogen (secondary N) is 2. The molecule has 2 aliphatic heterocycles. The number of aliphatic carboxylic acids is 1. The molecule has 0 saturated carbocycles. The molecule has 0 aromatic rings. The number of rotatable bonds is 5. The number of hydrazine groups is 1. The summed E-state index contributed by atoms with van der Waals surface area (Å²) in [6, 6.07) is -1.33. The topological polar surface area (TPSA) is 111 Å². The second kappa shape index (κ2) is 7.23. The Morgan fingerprint density at radius 2 is 1.86 bits per heavy atom. The van der Waals surface area contributed by atoms with Gasteiger partial charge in [0, 0.05) is 19.6 Å². The molecule has 0 spiro atoms. The second-order valence-corrected chi connectivity index (χ2v) is 5.11. The van der Waals surface area contributed by atoms with E-state index in [4.69, 9.17) is 9.94 Å². The van der Waals surface area contributed by atoms with Gasteiger partial charge in [-0.05, 0) is 25.7 Å². The van der Waals surface area contributed by atoms with Crippen LogP contribution < -0.4 is 10.9 Å². The largest absolute Gasteiger partial charge is 0.480 e. The zero-order chi connectivity index (χ0) is 15.2. The van der Waals surface area contributed by atoms with Crippen LogP contribution in [-0.2, 0) is 14.4 Å². The fourth-order valence-electron chi connectivity index (χ4n) is 2.56. The smallest absolute Gasteiger partial charge is 0.353 e. The molecule has 0 radical (unpaired) electrons. The SMILES string of the molecule is O=C(NOCC(=O)N1CCC[C@@H]1C(=O)O)NN1CCCC1. The summed E-state index contributed by atoms with van der Waals surface area (Å²) in [6.45, 7) is 1.61. The molecule has 0 aromatic carbocycles. The van der Waals surface area contributed by atoms with Crippen molar-refractivity contribution in [2.24, 2.45) is 0 Å². The maximum absolute atomic E-state index is 11.8. The number of hydroxylamine groups is 1. The molecule has 21 heavy (non-hydrogen) atoms. The van der Waals surface area contributed by atoms with Gasteiger partial charge in [-0.15, -0.1) is 0 Å². The summed E-state index contributed by atoms with van der Waals surface area (Å²) >= 11 is 0. The first kappa shape index (κ1) is 15.5. The van der Waals surface area contributed by atoms with Crippen molar-refractivity contribution >= 4 is 17.9 Å². The summed E-state index contributed by atoms with van der Waals surface area (Å²) in [5, 5.41) is 10.8. The average molecular weight is 300 g/mol. The number of hydrogen-bond donors (Lipinski definition) is 3. The van der Waals surface area contributed by atoms with Crippen molar-refractivity contribution < 1.29 is 24.3 Å². The van der Waals surface area contributed by atoms with E-state index in [2.05, 4.69) is 10.9 Å². The van der Waals surface area contributed by atoms with Gasteiger partial charge in [-0.3, -0.25) is 15.1 Å². The Kier molecular flexibility index (Phi) is 5.34. The summed E-state index contributed by atoms with van der Waals surface area (Å²) in [5.74, 6) is -1.46. The van der Waals surface area contributed by atoms with E-state index in [-0.39, 0.29) is 6.61 Å². The minimum atomic E-state index is -1.01. The molecular weight excluding hydrogens is 280 g/mol. The van der Waals surface area contributed by atoms with Crippen molar-refractivity contribution in [1.82, 2.24) is 20.8 Å². The van der Waals surface area contributed by atoms with Crippen LogP contribution in [0.5, 0.6) is 0 Å². The minimum absolute atomic E-state index is 0.378. The first-order valence-corrected chi connectivity index (χ1v) is 7.03. The molecule has 2 fully saturated rings. The third-order valence-electron chi connectivity index (χ3n) is 3.58. The molecule has 2 heterocycles. The normalized spacial score (nSPS) is 22.3. The van der Waals surface area contributed by atoms with Gasteiger partial charge < -0.3 is 10.0 Å². The lowest BCUT2D eigenvalue weighted by molar-refractivity contribution is -0.150. The summed E-state index contributed by atoms with van der Waals surface area (Å²) in [6.07, 6.45) is 3.17. The van der Waals surface area contributed by atoms with Crippen molar-refractivity contribution in [2.45, 2.75) is 31.7 Å². The molecule has 0 aliphatic carbocycles. The summed E-state index contributed by atoms with van der Waals surface area (Å²) < 4.78 is 0. The molecule has 9 nitrogen and oxygen atoms in total. The lowest BCUT2D eigenvalue weighted by Crippen LogP contribution is -2.47. The fourth-order valence-corrected chi connectivity index (χ4v) is 2.56. The van der Waals surface area contributed by atoms with Crippen LogP contribution in [0.4, 0.5) is 4.79 Å². The first-order valence-electron chi connectivity index (χ1n) is 7.03. The molecule has 9 heteroatoms. The van der Waals surface area contributed by atoms with Gasteiger partial charge in [0.1, 0.15) is 6.04 Å². The Balaban J connectivity index is 1.66. The fraction of sp³-hybridized carbons (Fsp3) is 0.750. The average Bonchev–Trinajstić information content (AvgIpc) is 3.08. The van der Waals surface area contributed by atoms with Crippen LogP contribution in [0.1, 0.15) is 25.7 Å². The van der Waals surface area contributed by atoms with Crippen LogP contribution >= 0.6 is 0 Å². The molecule has 3 N–H and O–H groups in total. The van der Waals surface area contributed by atoms with Crippen molar-refractivity contribution in [3.8, 4) is 0 Å². The van der Waals surface area contributed by atoms with E-state index in [0.29, 0.717) is 19.4 Å². The molecule has 0 bridgehead atoms. The number of carboxylic acids is 1. The van der Waals surface area contributed by atoms with Crippen LogP contribution in [0.25, 0.3) is 0 Å². The highest BCUT2D eigenvalue weighted by molar-refractivity contribution is 5.85. The Morgan fingerprint density at radius 3 is 2.52 bits per heavy atom. The number of nitrogens with zero attached hydrogens (tertiary/aromatic N) is 2. The number of carbonyl (C=O) groups is 3. The van der Waals surface area contributed by atoms with Gasteiger partial charge in [-0.25, -0.2) is 20.1 Å². The summed E-state index contributed by atoms with van der Waals surface area (Å²) in [5.41, 5.74) is 4.71. The van der Waals surface area contributed by atoms with Crippen molar-refractivity contribution in [3.05, 3.63) is 0 Å². The predicted molar refractivity (Wildman–Crippen MR) is 70.8 cm³/mol. The molecule has 2 rings (SSSR count). The highest BCUT2D eigenvalue weighted by Crippen LogP contribution is 2.17. The molecule has 3 amide bonds. The van der Waals surface area contributed by atoms with Crippen LogP contribution in [0.3, 0.4) is 0 Å². The highest BCUT2D eigenvalue weighted by atomic mass is 16.7. The van der Waals surface area contributed by atoms with E-state index in [1.54, 1.807) is 5.01 Å². The van der Waals surface area contributed by atoms with Crippen LogP contribution in [-0.4, -0.2) is 65.2 Å². The van der Waals surface area contributed by atoms with Crippen LogP contribution in [0.2, 0.25) is 0 Å². The highest BCUT2D eigenvalue weighted by Gasteiger charge is 2.33. The number of carbonyl (C=O) groups excluding carboxylic acids is 2. The Labute approximate surface area is 122 Å². The molecule has 2 aliphatic rings. The Morgan fingerprint density at radius 1 is 1.14 bits per heavy atom. The van der Waals surface area contributed by atoms with Gasteiger partial charge >= 0.3 is 12.0 Å². The zero-order valence-electron chi connectivity index (χ0n) is 11.7. The third-order valence-corrected chi connectivity index (χ3v) is 3.58. The molecule has 1 atom stereocenters. The van der Waals surface area contributed by atoms with Gasteiger partial charge in [-0.2, -0.15) is 0 Å². The van der Waals surface area contributed by atoms with Crippen LogP contribution in [0.15, 0.2) is 0 Å². The standard InChI is InChI=1S/C12H20N4O5/c17-10(16-7-3-4-9(16)11(18)19)8-21-14-12(20)13-15-5-1-2-6-15/h9H,1-8H2,(H,18,19)(H2,13,14,20)/t9-/m1/s1. The number of amides is 3. The number of hydrogen-bond acceptors (Lipinski definition) is 5. The minimum Gasteiger partial charge on any atom is -0.480 e. The van der Waals surface area contributed by atoms with Gasteiger partial charge in [0.05, 0.1) is 0 Å². The number of carboxylic acid groups (broad SMARTS) is 1. The lowest BCUT2D eigenvalue weighted by Gasteiger charge is -2.21. The van der Waals surface area contributed by atoms with Gasteiger partial charge in [0.25, 0.3) is 5.91 Å². The van der Waals surface area contributed by atoms with Crippen molar-refractivity contribution in [1.29, 1.82) is 0 Å². The monoisotopic (exact) mass is 300 g/mol. The van der Waals surface area contributed by atoms with Gasteiger partial charge in [0.15, 0.2) is 6.61 Å². The lowest BCUT2D eigenvalue weighted by atomic mass is 10.2. The molecular formula is C12H20N4O5. The van der Waals surface area contributed by atoms with Gasteiger partial charge in [0.2, 0.25) is 0 Å². The number of urea groups is 1.